The number of rotatable bonds is 2. The van der Waals surface area contributed by atoms with Crippen LogP contribution in [0.2, 0.25) is 0 Å². The summed E-state index contributed by atoms with van der Waals surface area (Å²) in [4.78, 5) is -0.260. The van der Waals surface area contributed by atoms with Crippen LogP contribution in [0, 0.1) is 0 Å². The molecule has 0 N–H and O–H groups in total. The number of hydrogen-bond acceptors (Lipinski definition) is 1. The van der Waals surface area contributed by atoms with Crippen molar-refractivity contribution in [2.45, 2.75) is 9.79 Å². The standard InChI is InChI=1S/C42H24S/c1-6-27-14-15-29-17-20-33(35-21-18-28(7-1)40(27)42(29)35)30-16-13-25-5-2-10-32(36(25)23-30)31-19-22-38-37(24-31)34-11-3-8-26-9-4-12-39(43-38)41(26)34/h1-24H/i1D,2D,3D,4D,5D,6D,8D,9D,10D,11D,12D,13D,14D,15D,16D,17D,18D,19D,20D,21D,22D,23D,24D. The molecule has 0 atom stereocenters. The van der Waals surface area contributed by atoms with Crippen LogP contribution in [0.4, 0.5) is 0 Å². The lowest BCUT2D eigenvalue weighted by molar-refractivity contribution is 1.40. The first-order valence-electron chi connectivity index (χ1n) is 24.5. The van der Waals surface area contributed by atoms with Crippen molar-refractivity contribution in [3.63, 3.8) is 0 Å². The van der Waals surface area contributed by atoms with Crippen LogP contribution in [0.15, 0.2) is 155 Å². The van der Waals surface area contributed by atoms with Crippen LogP contribution in [0.3, 0.4) is 0 Å². The summed E-state index contributed by atoms with van der Waals surface area (Å²) < 4.78 is 208. The molecule has 0 fully saturated rings. The maximum Gasteiger partial charge on any atom is 0.0636 e. The molecular formula is C42H24S. The Balaban J connectivity index is 1.42. The number of benzene rings is 9. The van der Waals surface area contributed by atoms with Gasteiger partial charge in [0.25, 0.3) is 0 Å². The Labute approximate surface area is 285 Å². The van der Waals surface area contributed by atoms with E-state index in [2.05, 4.69) is 0 Å². The molecule has 9 aromatic rings. The van der Waals surface area contributed by atoms with Gasteiger partial charge in [0.15, 0.2) is 0 Å². The SMILES string of the molecule is [2H]c1cc2c([2H])c([2H])c3c(-c4c([2H])c([2H])c5c([2H])c([2H])c([2H])c(-c6c([2H])c([2H])c7c(c6[2H])-c6c([2H])c([2H])c([2H])c8c([2H])c([2H])c([2H])c(c68)S7)c5c4[2H])c([2H])c([2H])c4c([2H])c([2H])c(c1[2H])c2c43. The molecule has 0 saturated heterocycles. The molecule has 0 bridgehead atoms. The Morgan fingerprint density at radius 2 is 1.02 bits per heavy atom. The van der Waals surface area contributed by atoms with Gasteiger partial charge in [-0.05, 0) is 106 Å². The van der Waals surface area contributed by atoms with Gasteiger partial charge >= 0.3 is 0 Å². The van der Waals surface area contributed by atoms with Crippen LogP contribution in [0.1, 0.15) is 31.5 Å². The van der Waals surface area contributed by atoms with Crippen molar-refractivity contribution in [3.8, 4) is 33.4 Å². The predicted molar refractivity (Wildman–Crippen MR) is 186 cm³/mol. The molecule has 0 aliphatic carbocycles. The van der Waals surface area contributed by atoms with Gasteiger partial charge in [-0.15, -0.1) is 0 Å². The van der Waals surface area contributed by atoms with E-state index >= 15 is 0 Å². The molecule has 0 unspecified atom stereocenters. The summed E-state index contributed by atoms with van der Waals surface area (Å²) in [5, 5.41) is -2.88. The molecule has 9 aromatic carbocycles. The Morgan fingerprint density at radius 1 is 0.372 bits per heavy atom. The smallest absolute Gasteiger partial charge is 0.0636 e. The van der Waals surface area contributed by atoms with Crippen molar-refractivity contribution < 1.29 is 31.5 Å². The summed E-state index contributed by atoms with van der Waals surface area (Å²) in [5.41, 5.74) is -3.10. The summed E-state index contributed by atoms with van der Waals surface area (Å²) in [7, 11) is 0. The number of hydrogen-bond donors (Lipinski definition) is 0. The van der Waals surface area contributed by atoms with Gasteiger partial charge in [0.05, 0.1) is 31.5 Å². The molecule has 0 amide bonds. The molecular weight excluding hydrogens is 537 g/mol. The van der Waals surface area contributed by atoms with E-state index in [0.717, 1.165) is 6.07 Å². The highest BCUT2D eigenvalue weighted by Gasteiger charge is 2.20. The van der Waals surface area contributed by atoms with Crippen LogP contribution in [-0.4, -0.2) is 0 Å². The van der Waals surface area contributed by atoms with E-state index in [1.165, 1.54) is 0 Å². The van der Waals surface area contributed by atoms with E-state index in [9.17, 15) is 13.7 Å². The molecule has 1 heteroatoms. The fourth-order valence-electron chi connectivity index (χ4n) is 5.61. The fraction of sp³-hybridized carbons (Fsp3) is 0. The van der Waals surface area contributed by atoms with E-state index < -0.39 is 172 Å². The van der Waals surface area contributed by atoms with Crippen LogP contribution in [0.25, 0.3) is 87.2 Å². The van der Waals surface area contributed by atoms with Crippen molar-refractivity contribution in [2.24, 2.45) is 0 Å². The second kappa shape index (κ2) is 8.70. The van der Waals surface area contributed by atoms with Gasteiger partial charge in [-0.25, -0.2) is 0 Å². The summed E-state index contributed by atoms with van der Waals surface area (Å²) >= 11 is 0.669. The third-order valence-electron chi connectivity index (χ3n) is 7.52. The van der Waals surface area contributed by atoms with Gasteiger partial charge in [-0.2, -0.15) is 0 Å². The quantitative estimate of drug-likeness (QED) is 0.182. The third kappa shape index (κ3) is 3.34. The van der Waals surface area contributed by atoms with Crippen molar-refractivity contribution in [3.05, 3.63) is 145 Å². The summed E-state index contributed by atoms with van der Waals surface area (Å²) in [6.45, 7) is 0. The molecule has 1 aliphatic heterocycles. The average Bonchev–Trinajstić information content (AvgIpc) is 3.28. The average molecular weight is 584 g/mol. The maximum atomic E-state index is 9.84. The molecule has 198 valence electrons. The second-order valence-electron chi connectivity index (χ2n) is 9.84. The van der Waals surface area contributed by atoms with Gasteiger partial charge in [0.1, 0.15) is 0 Å². The highest BCUT2D eigenvalue weighted by molar-refractivity contribution is 7.99. The van der Waals surface area contributed by atoms with E-state index in [1.54, 1.807) is 0 Å². The van der Waals surface area contributed by atoms with Gasteiger partial charge in [0.2, 0.25) is 0 Å². The molecule has 0 spiro atoms. The van der Waals surface area contributed by atoms with Crippen LogP contribution in [-0.2, 0) is 0 Å². The van der Waals surface area contributed by atoms with E-state index in [0.29, 0.717) is 11.8 Å². The van der Waals surface area contributed by atoms with Crippen LogP contribution in [0.5, 0.6) is 0 Å². The van der Waals surface area contributed by atoms with Crippen LogP contribution >= 0.6 is 11.8 Å². The highest BCUT2D eigenvalue weighted by atomic mass is 32.2. The first-order valence-corrected chi connectivity index (χ1v) is 13.8. The van der Waals surface area contributed by atoms with Crippen molar-refractivity contribution >= 4 is 65.6 Å². The molecule has 1 aliphatic rings. The lowest BCUT2D eigenvalue weighted by Crippen LogP contribution is -1.93. The Kier molecular flexibility index (Phi) is 2.14. The zero-order valence-electron chi connectivity index (χ0n) is 44.5. The normalized spacial score (nSPS) is 20.0. The first kappa shape index (κ1) is 10.6. The highest BCUT2D eigenvalue weighted by Crippen LogP contribution is 2.49. The monoisotopic (exact) mass is 583 g/mol. The van der Waals surface area contributed by atoms with E-state index in [-0.39, 0.29) is 64.0 Å². The van der Waals surface area contributed by atoms with Crippen molar-refractivity contribution in [1.29, 1.82) is 0 Å². The Hall–Kier alpha value is -5.11. The van der Waals surface area contributed by atoms with E-state index in [4.69, 9.17) is 17.8 Å². The van der Waals surface area contributed by atoms with Gasteiger partial charge in [0, 0.05) is 15.2 Å². The fourth-order valence-corrected chi connectivity index (χ4v) is 6.58. The lowest BCUT2D eigenvalue weighted by atomic mass is 9.88. The van der Waals surface area contributed by atoms with E-state index in [1.807, 2.05) is 0 Å². The Morgan fingerprint density at radius 3 is 1.95 bits per heavy atom. The molecule has 0 aromatic heterocycles. The zero-order chi connectivity index (χ0) is 48.1. The third-order valence-corrected chi connectivity index (χ3v) is 8.54. The van der Waals surface area contributed by atoms with Crippen molar-refractivity contribution in [2.75, 3.05) is 0 Å². The zero-order valence-corrected chi connectivity index (χ0v) is 22.3. The van der Waals surface area contributed by atoms with Crippen LogP contribution < -0.4 is 0 Å². The van der Waals surface area contributed by atoms with Gasteiger partial charge < -0.3 is 0 Å². The molecule has 0 radical (unpaired) electrons. The minimum atomic E-state index is -0.887. The first-order chi connectivity index (χ1) is 30.9. The van der Waals surface area contributed by atoms with Gasteiger partial charge in [-0.3, -0.25) is 0 Å². The summed E-state index contributed by atoms with van der Waals surface area (Å²) in [6, 6.07) is -14.9. The van der Waals surface area contributed by atoms with Gasteiger partial charge in [-0.1, -0.05) is 133 Å². The molecule has 0 nitrogen and oxygen atoms in total. The maximum absolute atomic E-state index is 9.84. The topological polar surface area (TPSA) is 0 Å². The molecule has 10 rings (SSSR count). The molecule has 43 heavy (non-hydrogen) atoms. The minimum absolute atomic E-state index is 0.0653. The van der Waals surface area contributed by atoms with Crippen molar-refractivity contribution in [1.82, 2.24) is 0 Å². The molecule has 1 heterocycles. The number of fused-ring (bicyclic) bond motifs is 3. The Bertz CT molecular complexity index is 3870. The predicted octanol–water partition coefficient (Wildman–Crippen LogP) is 12.4. The second-order valence-corrected chi connectivity index (χ2v) is 10.9. The summed E-state index contributed by atoms with van der Waals surface area (Å²) in [6.07, 6.45) is 0. The largest absolute Gasteiger partial charge is 0.0888 e. The lowest BCUT2D eigenvalue weighted by Gasteiger charge is -2.21. The molecule has 0 saturated carbocycles. The summed E-state index contributed by atoms with van der Waals surface area (Å²) in [5.74, 6) is 0. The minimum Gasteiger partial charge on any atom is -0.0888 e.